The molecule has 1 aliphatic rings. The smallest absolute Gasteiger partial charge is 0.240 e. The molecular formula is C10H20N2O2. The molecule has 4 N–H and O–H groups in total. The van der Waals surface area contributed by atoms with Crippen molar-refractivity contribution in [1.29, 1.82) is 0 Å². The largest absolute Gasteiger partial charge is 0.396 e. The summed E-state index contributed by atoms with van der Waals surface area (Å²) >= 11 is 0. The van der Waals surface area contributed by atoms with E-state index in [0.717, 1.165) is 38.5 Å². The van der Waals surface area contributed by atoms with Crippen molar-refractivity contribution in [3.63, 3.8) is 0 Å². The van der Waals surface area contributed by atoms with Crippen LogP contribution in [-0.4, -0.2) is 29.7 Å². The van der Waals surface area contributed by atoms with Crippen LogP contribution < -0.4 is 11.1 Å². The molecule has 0 bridgehead atoms. The number of hydrogen-bond acceptors (Lipinski definition) is 3. The monoisotopic (exact) mass is 200 g/mol. The van der Waals surface area contributed by atoms with E-state index in [1.54, 1.807) is 0 Å². The van der Waals surface area contributed by atoms with Crippen molar-refractivity contribution in [2.24, 2.45) is 5.73 Å². The number of nitrogens with one attached hydrogen (secondary N) is 1. The molecule has 0 atom stereocenters. The van der Waals surface area contributed by atoms with Crippen LogP contribution in [0.15, 0.2) is 0 Å². The maximum atomic E-state index is 11.5. The molecule has 14 heavy (non-hydrogen) atoms. The van der Waals surface area contributed by atoms with Crippen LogP contribution in [-0.2, 0) is 4.79 Å². The second-order valence-electron chi connectivity index (χ2n) is 4.05. The third kappa shape index (κ3) is 2.96. The van der Waals surface area contributed by atoms with Gasteiger partial charge in [0, 0.05) is 13.2 Å². The lowest BCUT2D eigenvalue weighted by atomic mass is 9.77. The Labute approximate surface area is 84.9 Å². The molecule has 0 unspecified atom stereocenters. The number of amides is 1. The number of hydrogen-bond donors (Lipinski definition) is 3. The molecule has 0 saturated heterocycles. The minimum absolute atomic E-state index is 0.00671. The summed E-state index contributed by atoms with van der Waals surface area (Å²) in [7, 11) is 0. The molecule has 0 aromatic rings. The van der Waals surface area contributed by atoms with Gasteiger partial charge in [-0.25, -0.2) is 0 Å². The standard InChI is InChI=1S/C10H20N2O2/c11-10(5-4-6-10)9(14)12-7-2-1-3-8-13/h13H,1-8,11H2,(H,12,14). The molecule has 4 heteroatoms. The molecule has 0 radical (unpaired) electrons. The summed E-state index contributed by atoms with van der Waals surface area (Å²) in [6.45, 7) is 0.909. The predicted molar refractivity (Wildman–Crippen MR) is 54.7 cm³/mol. The molecule has 0 aromatic carbocycles. The highest BCUT2D eigenvalue weighted by Gasteiger charge is 2.39. The highest BCUT2D eigenvalue weighted by atomic mass is 16.2. The minimum atomic E-state index is -0.572. The van der Waals surface area contributed by atoms with E-state index >= 15 is 0 Å². The number of aliphatic hydroxyl groups is 1. The van der Waals surface area contributed by atoms with Crippen LogP contribution in [0, 0.1) is 0 Å². The van der Waals surface area contributed by atoms with Crippen LogP contribution >= 0.6 is 0 Å². The first kappa shape index (κ1) is 11.5. The van der Waals surface area contributed by atoms with Crippen molar-refractivity contribution in [2.75, 3.05) is 13.2 Å². The van der Waals surface area contributed by atoms with E-state index in [9.17, 15) is 4.79 Å². The molecule has 1 rings (SSSR count). The van der Waals surface area contributed by atoms with Gasteiger partial charge in [0.05, 0.1) is 5.54 Å². The normalized spacial score (nSPS) is 18.7. The molecule has 82 valence electrons. The molecule has 1 aliphatic carbocycles. The summed E-state index contributed by atoms with van der Waals surface area (Å²) in [4.78, 5) is 11.5. The van der Waals surface area contributed by atoms with Crippen LogP contribution in [0.2, 0.25) is 0 Å². The van der Waals surface area contributed by atoms with Gasteiger partial charge < -0.3 is 16.2 Å². The fraction of sp³-hybridized carbons (Fsp3) is 0.900. The Hall–Kier alpha value is -0.610. The zero-order valence-corrected chi connectivity index (χ0v) is 8.59. The van der Waals surface area contributed by atoms with Crippen molar-refractivity contribution in [3.05, 3.63) is 0 Å². The molecule has 4 nitrogen and oxygen atoms in total. The van der Waals surface area contributed by atoms with E-state index in [0.29, 0.717) is 6.54 Å². The second-order valence-corrected chi connectivity index (χ2v) is 4.05. The lowest BCUT2D eigenvalue weighted by molar-refractivity contribution is -0.129. The zero-order valence-electron chi connectivity index (χ0n) is 8.59. The Bertz CT molecular complexity index is 191. The van der Waals surface area contributed by atoms with Gasteiger partial charge in [0.15, 0.2) is 0 Å². The maximum Gasteiger partial charge on any atom is 0.240 e. The van der Waals surface area contributed by atoms with Gasteiger partial charge in [-0.2, -0.15) is 0 Å². The first-order valence-corrected chi connectivity index (χ1v) is 5.37. The van der Waals surface area contributed by atoms with Gasteiger partial charge >= 0.3 is 0 Å². The van der Waals surface area contributed by atoms with Crippen molar-refractivity contribution in [1.82, 2.24) is 5.32 Å². The molecule has 0 aromatic heterocycles. The Balaban J connectivity index is 2.03. The average Bonchev–Trinajstić information content (AvgIpc) is 2.13. The summed E-state index contributed by atoms with van der Waals surface area (Å²) in [6.07, 6.45) is 5.37. The van der Waals surface area contributed by atoms with Gasteiger partial charge in [0.2, 0.25) is 5.91 Å². The lowest BCUT2D eigenvalue weighted by Crippen LogP contribution is -2.58. The zero-order chi connectivity index (χ0) is 10.4. The minimum Gasteiger partial charge on any atom is -0.396 e. The number of rotatable bonds is 6. The number of unbranched alkanes of at least 4 members (excludes halogenated alkanes) is 2. The van der Waals surface area contributed by atoms with Gasteiger partial charge in [-0.3, -0.25) is 4.79 Å². The van der Waals surface area contributed by atoms with Gasteiger partial charge in [-0.1, -0.05) is 0 Å². The first-order chi connectivity index (χ1) is 6.69. The summed E-state index contributed by atoms with van der Waals surface area (Å²) in [5.41, 5.74) is 5.26. The van der Waals surface area contributed by atoms with Crippen molar-refractivity contribution in [2.45, 2.75) is 44.1 Å². The van der Waals surface area contributed by atoms with E-state index in [-0.39, 0.29) is 12.5 Å². The van der Waals surface area contributed by atoms with Crippen molar-refractivity contribution >= 4 is 5.91 Å². The fourth-order valence-electron chi connectivity index (χ4n) is 1.58. The van der Waals surface area contributed by atoms with E-state index in [1.165, 1.54) is 0 Å². The van der Waals surface area contributed by atoms with Gasteiger partial charge in [-0.15, -0.1) is 0 Å². The first-order valence-electron chi connectivity index (χ1n) is 5.37. The quantitative estimate of drug-likeness (QED) is 0.534. The Kier molecular flexibility index (Phi) is 4.35. The highest BCUT2D eigenvalue weighted by molar-refractivity contribution is 5.86. The summed E-state index contributed by atoms with van der Waals surface area (Å²) < 4.78 is 0. The number of aliphatic hydroxyl groups excluding tert-OH is 1. The number of nitrogens with two attached hydrogens (primary N) is 1. The molecule has 0 heterocycles. The van der Waals surface area contributed by atoms with E-state index in [1.807, 2.05) is 0 Å². The Morgan fingerprint density at radius 1 is 1.36 bits per heavy atom. The molecule has 1 fully saturated rings. The van der Waals surface area contributed by atoms with Gasteiger partial charge in [0.1, 0.15) is 0 Å². The number of carbonyl (C=O) groups excluding carboxylic acids is 1. The van der Waals surface area contributed by atoms with E-state index < -0.39 is 5.54 Å². The maximum absolute atomic E-state index is 11.5. The third-order valence-corrected chi connectivity index (χ3v) is 2.82. The lowest BCUT2D eigenvalue weighted by Gasteiger charge is -2.36. The fourth-order valence-corrected chi connectivity index (χ4v) is 1.58. The highest BCUT2D eigenvalue weighted by Crippen LogP contribution is 2.28. The van der Waals surface area contributed by atoms with Crippen LogP contribution in [0.25, 0.3) is 0 Å². The Morgan fingerprint density at radius 2 is 2.07 bits per heavy atom. The van der Waals surface area contributed by atoms with Crippen LogP contribution in [0.5, 0.6) is 0 Å². The Morgan fingerprint density at radius 3 is 2.57 bits per heavy atom. The topological polar surface area (TPSA) is 75.4 Å². The van der Waals surface area contributed by atoms with Crippen LogP contribution in [0.3, 0.4) is 0 Å². The van der Waals surface area contributed by atoms with Crippen LogP contribution in [0.1, 0.15) is 38.5 Å². The predicted octanol–water partition coefficient (Wildman–Crippen LogP) is 0.147. The summed E-state index contributed by atoms with van der Waals surface area (Å²) in [5, 5.41) is 11.4. The van der Waals surface area contributed by atoms with Crippen molar-refractivity contribution in [3.8, 4) is 0 Å². The SMILES string of the molecule is NC1(C(=O)NCCCCCO)CCC1. The molecule has 0 aliphatic heterocycles. The number of carbonyl (C=O) groups is 1. The summed E-state index contributed by atoms with van der Waals surface area (Å²) in [5.74, 6) is -0.00671. The molecular weight excluding hydrogens is 180 g/mol. The molecule has 1 saturated carbocycles. The van der Waals surface area contributed by atoms with Crippen molar-refractivity contribution < 1.29 is 9.90 Å². The molecule has 0 spiro atoms. The van der Waals surface area contributed by atoms with Gasteiger partial charge in [0.25, 0.3) is 0 Å². The second kappa shape index (κ2) is 5.32. The molecule has 1 amide bonds. The summed E-state index contributed by atoms with van der Waals surface area (Å²) in [6, 6.07) is 0. The van der Waals surface area contributed by atoms with E-state index in [2.05, 4.69) is 5.32 Å². The van der Waals surface area contributed by atoms with E-state index in [4.69, 9.17) is 10.8 Å². The van der Waals surface area contributed by atoms with Gasteiger partial charge in [-0.05, 0) is 38.5 Å². The third-order valence-electron chi connectivity index (χ3n) is 2.82. The average molecular weight is 200 g/mol. The van der Waals surface area contributed by atoms with Crippen LogP contribution in [0.4, 0.5) is 0 Å².